The highest BCUT2D eigenvalue weighted by molar-refractivity contribution is 7.17. The molecule has 1 aliphatic rings. The van der Waals surface area contributed by atoms with Crippen LogP contribution >= 0.6 is 11.3 Å². The summed E-state index contributed by atoms with van der Waals surface area (Å²) in [6, 6.07) is 17.5. The van der Waals surface area contributed by atoms with Crippen LogP contribution in [0.25, 0.3) is 11.1 Å². The SMILES string of the molecule is CCCC1CCc2c(sc(NC(=O)c3ccc(-c4ccccc4)cc3)c2C(N)=O)C1. The molecule has 4 rings (SSSR count). The molecule has 2 amide bonds. The molecule has 1 heterocycles. The van der Waals surface area contributed by atoms with Crippen LogP contribution in [-0.2, 0) is 12.8 Å². The third-order valence-corrected chi connectivity index (χ3v) is 6.96. The summed E-state index contributed by atoms with van der Waals surface area (Å²) in [5.41, 5.74) is 9.94. The summed E-state index contributed by atoms with van der Waals surface area (Å²) in [4.78, 5) is 26.2. The van der Waals surface area contributed by atoms with Crippen LogP contribution < -0.4 is 11.1 Å². The van der Waals surface area contributed by atoms with Gasteiger partial charge in [-0.25, -0.2) is 0 Å². The van der Waals surface area contributed by atoms with Crippen LogP contribution in [-0.4, -0.2) is 11.8 Å². The van der Waals surface area contributed by atoms with Crippen LogP contribution in [0, 0.1) is 5.92 Å². The van der Waals surface area contributed by atoms with Gasteiger partial charge in [0.25, 0.3) is 11.8 Å². The molecule has 5 heteroatoms. The number of hydrogen-bond donors (Lipinski definition) is 2. The number of carbonyl (C=O) groups is 2. The molecule has 0 saturated carbocycles. The fourth-order valence-electron chi connectivity index (χ4n) is 4.28. The molecule has 154 valence electrons. The maximum absolute atomic E-state index is 12.9. The van der Waals surface area contributed by atoms with Crippen LogP contribution in [0.3, 0.4) is 0 Å². The van der Waals surface area contributed by atoms with Crippen molar-refractivity contribution in [1.82, 2.24) is 0 Å². The molecular formula is C25H26N2O2S. The number of rotatable bonds is 6. The second-order valence-electron chi connectivity index (χ2n) is 7.87. The molecule has 4 nitrogen and oxygen atoms in total. The van der Waals surface area contributed by atoms with Crippen LogP contribution in [0.1, 0.15) is 57.3 Å². The van der Waals surface area contributed by atoms with Crippen molar-refractivity contribution in [3.8, 4) is 11.1 Å². The number of amides is 2. The van der Waals surface area contributed by atoms with Crippen molar-refractivity contribution in [3.05, 3.63) is 76.2 Å². The predicted octanol–water partition coefficient (Wildman–Crippen LogP) is 5.67. The van der Waals surface area contributed by atoms with E-state index in [2.05, 4.69) is 12.2 Å². The fraction of sp³-hybridized carbons (Fsp3) is 0.280. The first-order valence-corrected chi connectivity index (χ1v) is 11.3. The zero-order chi connectivity index (χ0) is 21.1. The Labute approximate surface area is 181 Å². The Hall–Kier alpha value is -2.92. The monoisotopic (exact) mass is 418 g/mol. The number of anilines is 1. The molecule has 1 aromatic heterocycles. The van der Waals surface area contributed by atoms with E-state index in [1.165, 1.54) is 22.6 Å². The molecule has 0 bridgehead atoms. The van der Waals surface area contributed by atoms with E-state index in [1.807, 2.05) is 54.6 Å². The molecule has 3 aromatic rings. The Morgan fingerprint density at radius 3 is 2.43 bits per heavy atom. The summed E-state index contributed by atoms with van der Waals surface area (Å²) in [7, 11) is 0. The van der Waals surface area contributed by atoms with E-state index < -0.39 is 5.91 Å². The molecule has 30 heavy (non-hydrogen) atoms. The van der Waals surface area contributed by atoms with Gasteiger partial charge >= 0.3 is 0 Å². The van der Waals surface area contributed by atoms with Gasteiger partial charge in [0.2, 0.25) is 0 Å². The molecule has 3 N–H and O–H groups in total. The van der Waals surface area contributed by atoms with Crippen LogP contribution in [0.15, 0.2) is 54.6 Å². The summed E-state index contributed by atoms with van der Waals surface area (Å²) >= 11 is 1.51. The first-order chi connectivity index (χ1) is 14.6. The molecule has 1 aliphatic carbocycles. The minimum absolute atomic E-state index is 0.221. The zero-order valence-electron chi connectivity index (χ0n) is 17.1. The molecule has 2 aromatic carbocycles. The largest absolute Gasteiger partial charge is 0.365 e. The highest BCUT2D eigenvalue weighted by Crippen LogP contribution is 2.40. The van der Waals surface area contributed by atoms with Crippen molar-refractivity contribution < 1.29 is 9.59 Å². The van der Waals surface area contributed by atoms with E-state index in [-0.39, 0.29) is 5.91 Å². The molecule has 0 saturated heterocycles. The third kappa shape index (κ3) is 4.17. The van der Waals surface area contributed by atoms with E-state index >= 15 is 0 Å². The third-order valence-electron chi connectivity index (χ3n) is 5.79. The van der Waals surface area contributed by atoms with Crippen LogP contribution in [0.2, 0.25) is 0 Å². The van der Waals surface area contributed by atoms with Gasteiger partial charge in [0.15, 0.2) is 0 Å². The van der Waals surface area contributed by atoms with Gasteiger partial charge in [0.05, 0.1) is 5.56 Å². The number of nitrogens with one attached hydrogen (secondary N) is 1. The second-order valence-corrected chi connectivity index (χ2v) is 8.97. The maximum atomic E-state index is 12.9. The van der Waals surface area contributed by atoms with Gasteiger partial charge in [0, 0.05) is 10.4 Å². The van der Waals surface area contributed by atoms with E-state index in [9.17, 15) is 9.59 Å². The summed E-state index contributed by atoms with van der Waals surface area (Å²) in [5.74, 6) is -0.0343. The number of primary amides is 1. The summed E-state index contributed by atoms with van der Waals surface area (Å²) in [6.45, 7) is 2.20. The number of hydrogen-bond acceptors (Lipinski definition) is 3. The summed E-state index contributed by atoms with van der Waals surface area (Å²) < 4.78 is 0. The van der Waals surface area contributed by atoms with Crippen LogP contribution in [0.5, 0.6) is 0 Å². The lowest BCUT2D eigenvalue weighted by molar-refractivity contribution is 0.1000. The molecule has 1 atom stereocenters. The van der Waals surface area contributed by atoms with Gasteiger partial charge in [-0.3, -0.25) is 9.59 Å². The first-order valence-electron chi connectivity index (χ1n) is 10.5. The highest BCUT2D eigenvalue weighted by Gasteiger charge is 2.28. The minimum atomic E-state index is -0.462. The van der Waals surface area contributed by atoms with Crippen molar-refractivity contribution in [3.63, 3.8) is 0 Å². The average molecular weight is 419 g/mol. The lowest BCUT2D eigenvalue weighted by Gasteiger charge is -2.21. The van der Waals surface area contributed by atoms with Crippen molar-refractivity contribution in [2.75, 3.05) is 5.32 Å². The van der Waals surface area contributed by atoms with E-state index in [4.69, 9.17) is 5.73 Å². The average Bonchev–Trinajstić information content (AvgIpc) is 3.12. The first kappa shape index (κ1) is 20.4. The fourth-order valence-corrected chi connectivity index (χ4v) is 5.64. The van der Waals surface area contributed by atoms with Crippen molar-refractivity contribution in [2.45, 2.75) is 39.0 Å². The van der Waals surface area contributed by atoms with Crippen molar-refractivity contribution in [2.24, 2.45) is 11.7 Å². The topological polar surface area (TPSA) is 72.2 Å². The molecular weight excluding hydrogens is 392 g/mol. The normalized spacial score (nSPS) is 15.4. The number of fused-ring (bicyclic) bond motifs is 1. The quantitative estimate of drug-likeness (QED) is 0.541. The number of benzene rings is 2. The molecule has 0 radical (unpaired) electrons. The number of nitrogens with two attached hydrogens (primary N) is 1. The highest BCUT2D eigenvalue weighted by atomic mass is 32.1. The van der Waals surface area contributed by atoms with Gasteiger partial charge in [-0.2, -0.15) is 0 Å². The van der Waals surface area contributed by atoms with E-state index in [0.717, 1.165) is 42.4 Å². The van der Waals surface area contributed by atoms with Crippen LogP contribution in [0.4, 0.5) is 5.00 Å². The smallest absolute Gasteiger partial charge is 0.256 e. The minimum Gasteiger partial charge on any atom is -0.365 e. The maximum Gasteiger partial charge on any atom is 0.256 e. The number of thiophene rings is 1. The van der Waals surface area contributed by atoms with Gasteiger partial charge in [-0.1, -0.05) is 62.2 Å². The zero-order valence-corrected chi connectivity index (χ0v) is 17.9. The van der Waals surface area contributed by atoms with Gasteiger partial charge in [-0.05, 0) is 54.0 Å². The summed E-state index contributed by atoms with van der Waals surface area (Å²) in [5, 5.41) is 3.54. The lowest BCUT2D eigenvalue weighted by atomic mass is 9.84. The molecule has 1 unspecified atom stereocenters. The van der Waals surface area contributed by atoms with Gasteiger partial charge < -0.3 is 11.1 Å². The Morgan fingerprint density at radius 1 is 1.07 bits per heavy atom. The van der Waals surface area contributed by atoms with E-state index in [1.54, 1.807) is 0 Å². The van der Waals surface area contributed by atoms with Gasteiger partial charge in [0.1, 0.15) is 5.00 Å². The summed E-state index contributed by atoms with van der Waals surface area (Å²) in [6.07, 6.45) is 5.26. The molecule has 0 aliphatic heterocycles. The lowest BCUT2D eigenvalue weighted by Crippen LogP contribution is -2.20. The van der Waals surface area contributed by atoms with Crippen molar-refractivity contribution >= 4 is 28.2 Å². The number of carbonyl (C=O) groups excluding carboxylic acids is 2. The second kappa shape index (κ2) is 8.84. The standard InChI is InChI=1S/C25H26N2O2S/c1-2-6-16-9-14-20-21(15-16)30-25(22(20)23(26)28)27-24(29)19-12-10-18(11-13-19)17-7-4-3-5-8-17/h3-5,7-8,10-13,16H,2,6,9,14-15H2,1H3,(H2,26,28)(H,27,29). The predicted molar refractivity (Wildman–Crippen MR) is 123 cm³/mol. The Kier molecular flexibility index (Phi) is 6.00. The Bertz CT molecular complexity index is 1050. The Balaban J connectivity index is 1.55. The van der Waals surface area contributed by atoms with E-state index in [0.29, 0.717) is 22.0 Å². The van der Waals surface area contributed by atoms with Gasteiger partial charge in [-0.15, -0.1) is 11.3 Å². The Morgan fingerprint density at radius 2 is 1.77 bits per heavy atom. The molecule has 0 fully saturated rings. The van der Waals surface area contributed by atoms with Crippen molar-refractivity contribution in [1.29, 1.82) is 0 Å². The molecule has 0 spiro atoms.